The van der Waals surface area contributed by atoms with Gasteiger partial charge >= 0.3 is 5.97 Å². The summed E-state index contributed by atoms with van der Waals surface area (Å²) in [5, 5.41) is 0. The van der Waals surface area contributed by atoms with Crippen LogP contribution in [0.2, 0.25) is 0 Å². The molecule has 0 aromatic rings. The molecule has 0 aliphatic carbocycles. The van der Waals surface area contributed by atoms with E-state index in [2.05, 4.69) is 11.3 Å². The number of carbonyl (C=O) groups is 2. The smallest absolute Gasteiger partial charge is 0.325 e. The number of methoxy groups -OCH3 is 1. The Balaban J connectivity index is 4.16. The Morgan fingerprint density at radius 1 is 1.54 bits per heavy atom. The molecule has 0 atom stereocenters. The van der Waals surface area contributed by atoms with Crippen LogP contribution in [0.1, 0.15) is 13.3 Å². The molecule has 0 aliphatic heterocycles. The first kappa shape index (κ1) is 11.7. The SMILES string of the molecule is C=CC(=O)N(CCC)CC(=O)OC. The van der Waals surface area contributed by atoms with Crippen molar-refractivity contribution in [3.63, 3.8) is 0 Å². The predicted octanol–water partition coefficient (Wildman–Crippen LogP) is 0.584. The molecule has 0 fully saturated rings. The van der Waals surface area contributed by atoms with Crippen LogP contribution in [-0.4, -0.2) is 37.0 Å². The standard InChI is InChI=1S/C9H15NO3/c1-4-6-10(8(11)5-2)7-9(12)13-3/h5H,2,4,6-7H2,1,3H3. The van der Waals surface area contributed by atoms with E-state index in [1.165, 1.54) is 18.1 Å². The van der Waals surface area contributed by atoms with Gasteiger partial charge < -0.3 is 9.64 Å². The van der Waals surface area contributed by atoms with Gasteiger partial charge in [0, 0.05) is 6.54 Å². The second-order valence-electron chi connectivity index (χ2n) is 2.54. The van der Waals surface area contributed by atoms with Gasteiger partial charge in [-0.25, -0.2) is 0 Å². The van der Waals surface area contributed by atoms with Crippen molar-refractivity contribution in [2.75, 3.05) is 20.2 Å². The first-order valence-electron chi connectivity index (χ1n) is 4.13. The van der Waals surface area contributed by atoms with E-state index in [-0.39, 0.29) is 12.5 Å². The van der Waals surface area contributed by atoms with E-state index in [9.17, 15) is 9.59 Å². The fourth-order valence-corrected chi connectivity index (χ4v) is 0.887. The van der Waals surface area contributed by atoms with Crippen LogP contribution in [0.25, 0.3) is 0 Å². The maximum atomic E-state index is 11.2. The van der Waals surface area contributed by atoms with Gasteiger partial charge in [0.25, 0.3) is 0 Å². The van der Waals surface area contributed by atoms with Gasteiger partial charge in [-0.1, -0.05) is 13.5 Å². The Kier molecular flexibility index (Phi) is 5.59. The maximum Gasteiger partial charge on any atom is 0.325 e. The first-order chi connectivity index (χ1) is 6.15. The van der Waals surface area contributed by atoms with Gasteiger partial charge in [0.15, 0.2) is 0 Å². The molecule has 0 aromatic carbocycles. The number of esters is 1. The molecule has 0 aromatic heterocycles. The Bertz CT molecular complexity index is 201. The lowest BCUT2D eigenvalue weighted by molar-refractivity contribution is -0.145. The normalized spacial score (nSPS) is 9.08. The predicted molar refractivity (Wildman–Crippen MR) is 49.1 cm³/mol. The summed E-state index contributed by atoms with van der Waals surface area (Å²) in [5.41, 5.74) is 0. The number of ether oxygens (including phenoxy) is 1. The van der Waals surface area contributed by atoms with Gasteiger partial charge in [0.1, 0.15) is 6.54 Å². The number of hydrogen-bond acceptors (Lipinski definition) is 3. The van der Waals surface area contributed by atoms with E-state index in [0.29, 0.717) is 6.54 Å². The van der Waals surface area contributed by atoms with E-state index in [0.717, 1.165) is 6.42 Å². The Morgan fingerprint density at radius 3 is 2.54 bits per heavy atom. The minimum atomic E-state index is -0.413. The fraction of sp³-hybridized carbons (Fsp3) is 0.556. The van der Waals surface area contributed by atoms with Crippen molar-refractivity contribution in [1.82, 2.24) is 4.90 Å². The van der Waals surface area contributed by atoms with Crippen LogP contribution < -0.4 is 0 Å². The summed E-state index contributed by atoms with van der Waals surface area (Å²) >= 11 is 0. The molecule has 0 aliphatic rings. The van der Waals surface area contributed by atoms with Crippen molar-refractivity contribution in [3.05, 3.63) is 12.7 Å². The molecule has 0 N–H and O–H groups in total. The molecular weight excluding hydrogens is 170 g/mol. The van der Waals surface area contributed by atoms with Gasteiger partial charge in [-0.3, -0.25) is 9.59 Å². The van der Waals surface area contributed by atoms with E-state index in [4.69, 9.17) is 0 Å². The van der Waals surface area contributed by atoms with Crippen LogP contribution in [-0.2, 0) is 14.3 Å². The van der Waals surface area contributed by atoms with Gasteiger partial charge in [0.05, 0.1) is 7.11 Å². The van der Waals surface area contributed by atoms with E-state index in [1.54, 1.807) is 0 Å². The van der Waals surface area contributed by atoms with Crippen molar-refractivity contribution in [2.45, 2.75) is 13.3 Å². The highest BCUT2D eigenvalue weighted by molar-refractivity contribution is 5.89. The van der Waals surface area contributed by atoms with Gasteiger partial charge in [-0.05, 0) is 12.5 Å². The Hall–Kier alpha value is -1.32. The molecule has 0 saturated heterocycles. The first-order valence-corrected chi connectivity index (χ1v) is 4.13. The average molecular weight is 185 g/mol. The van der Waals surface area contributed by atoms with Gasteiger partial charge in [-0.2, -0.15) is 0 Å². The molecule has 0 heterocycles. The minimum absolute atomic E-state index is 0.00477. The minimum Gasteiger partial charge on any atom is -0.468 e. The highest BCUT2D eigenvalue weighted by Crippen LogP contribution is 1.94. The van der Waals surface area contributed by atoms with Crippen molar-refractivity contribution in [2.24, 2.45) is 0 Å². The van der Waals surface area contributed by atoms with Crippen molar-refractivity contribution >= 4 is 11.9 Å². The molecule has 0 bridgehead atoms. The third-order valence-corrected chi connectivity index (χ3v) is 1.53. The highest BCUT2D eigenvalue weighted by Gasteiger charge is 2.13. The van der Waals surface area contributed by atoms with Crippen molar-refractivity contribution in [3.8, 4) is 0 Å². The number of hydrogen-bond donors (Lipinski definition) is 0. The lowest BCUT2D eigenvalue weighted by Gasteiger charge is -2.18. The van der Waals surface area contributed by atoms with Crippen LogP contribution in [0.4, 0.5) is 0 Å². The van der Waals surface area contributed by atoms with Crippen molar-refractivity contribution in [1.29, 1.82) is 0 Å². The lowest BCUT2D eigenvalue weighted by Crippen LogP contribution is -2.35. The van der Waals surface area contributed by atoms with Crippen LogP contribution in [0.5, 0.6) is 0 Å². The quantitative estimate of drug-likeness (QED) is 0.465. The third kappa shape index (κ3) is 4.30. The second kappa shape index (κ2) is 6.22. The molecule has 0 radical (unpaired) electrons. The number of carbonyl (C=O) groups excluding carboxylic acids is 2. The number of amides is 1. The van der Waals surface area contributed by atoms with Crippen LogP contribution >= 0.6 is 0 Å². The van der Waals surface area contributed by atoms with Crippen LogP contribution in [0.3, 0.4) is 0 Å². The topological polar surface area (TPSA) is 46.6 Å². The fourth-order valence-electron chi connectivity index (χ4n) is 0.887. The maximum absolute atomic E-state index is 11.2. The second-order valence-corrected chi connectivity index (χ2v) is 2.54. The molecule has 13 heavy (non-hydrogen) atoms. The number of rotatable bonds is 5. The molecule has 0 spiro atoms. The molecule has 0 saturated carbocycles. The lowest BCUT2D eigenvalue weighted by atomic mass is 10.4. The summed E-state index contributed by atoms with van der Waals surface area (Å²) in [6.07, 6.45) is 2.00. The van der Waals surface area contributed by atoms with Gasteiger partial charge in [0.2, 0.25) is 5.91 Å². The summed E-state index contributed by atoms with van der Waals surface area (Å²) < 4.78 is 4.45. The monoisotopic (exact) mass is 185 g/mol. The molecule has 4 nitrogen and oxygen atoms in total. The van der Waals surface area contributed by atoms with Crippen molar-refractivity contribution < 1.29 is 14.3 Å². The number of nitrogens with zero attached hydrogens (tertiary/aromatic N) is 1. The summed E-state index contributed by atoms with van der Waals surface area (Å²) in [7, 11) is 1.30. The zero-order valence-corrected chi connectivity index (χ0v) is 8.08. The summed E-state index contributed by atoms with van der Waals surface area (Å²) in [6, 6.07) is 0. The molecule has 4 heteroatoms. The van der Waals surface area contributed by atoms with Crippen LogP contribution in [0, 0.1) is 0 Å². The van der Waals surface area contributed by atoms with E-state index >= 15 is 0 Å². The summed E-state index contributed by atoms with van der Waals surface area (Å²) in [4.78, 5) is 23.4. The van der Waals surface area contributed by atoms with E-state index in [1.807, 2.05) is 6.92 Å². The largest absolute Gasteiger partial charge is 0.468 e. The van der Waals surface area contributed by atoms with E-state index < -0.39 is 5.97 Å². The summed E-state index contributed by atoms with van der Waals surface area (Å²) in [6.45, 7) is 5.82. The highest BCUT2D eigenvalue weighted by atomic mass is 16.5. The Labute approximate surface area is 78.2 Å². The zero-order valence-electron chi connectivity index (χ0n) is 8.08. The third-order valence-electron chi connectivity index (χ3n) is 1.53. The van der Waals surface area contributed by atoms with Gasteiger partial charge in [-0.15, -0.1) is 0 Å². The average Bonchev–Trinajstić information content (AvgIpc) is 2.15. The molecule has 1 amide bonds. The van der Waals surface area contributed by atoms with Crippen LogP contribution in [0.15, 0.2) is 12.7 Å². The zero-order chi connectivity index (χ0) is 10.3. The molecule has 74 valence electrons. The molecule has 0 rings (SSSR count). The molecular formula is C9H15NO3. The Morgan fingerprint density at radius 2 is 2.15 bits per heavy atom. The summed E-state index contributed by atoms with van der Waals surface area (Å²) in [5.74, 6) is -0.657. The molecule has 0 unspecified atom stereocenters.